The number of carbonyl (C=O) groups excluding carboxylic acids is 1. The van der Waals surface area contributed by atoms with Gasteiger partial charge in [0.2, 0.25) is 0 Å². The van der Waals surface area contributed by atoms with Crippen LogP contribution in [0.2, 0.25) is 0 Å². The topological polar surface area (TPSA) is 38.8 Å². The summed E-state index contributed by atoms with van der Waals surface area (Å²) in [5.41, 5.74) is 0.938. The Hall–Kier alpha value is -3.32. The van der Waals surface area contributed by atoms with Gasteiger partial charge in [-0.3, -0.25) is 4.90 Å². The number of nitrogens with zero attached hydrogens (tertiary/aromatic N) is 1. The van der Waals surface area contributed by atoms with Crippen molar-refractivity contribution in [3.63, 3.8) is 0 Å². The van der Waals surface area contributed by atoms with E-state index in [1.165, 1.54) is 12.1 Å². The minimum atomic E-state index is -4.41. The Morgan fingerprint density at radius 2 is 1.40 bits per heavy atom. The molecule has 35 heavy (non-hydrogen) atoms. The average molecular weight is 484 g/mol. The maximum atomic E-state index is 13.5. The zero-order valence-electron chi connectivity index (χ0n) is 19.8. The number of hydrogen-bond donors (Lipinski definition) is 0. The van der Waals surface area contributed by atoms with Crippen LogP contribution in [0.15, 0.2) is 84.9 Å². The standard InChI is InChI=1S/C28H28F3NO3/c1-27(2,3)35-26(33)32-23(18-19-14-16-22(17-15-19)28(29,30)31)34-25(21-12-8-5-9-13-21)24(32)20-10-6-4-7-11-20/h4-17,23-25H,18H2,1-3H3/t23-,24-,25+/m1/s1. The first-order chi connectivity index (χ1) is 16.5. The molecule has 4 rings (SSSR count). The molecule has 1 fully saturated rings. The highest BCUT2D eigenvalue weighted by molar-refractivity contribution is 5.70. The molecule has 1 saturated heterocycles. The molecule has 1 aliphatic rings. The Morgan fingerprint density at radius 3 is 1.91 bits per heavy atom. The van der Waals surface area contributed by atoms with Crippen LogP contribution >= 0.6 is 0 Å². The fourth-order valence-corrected chi connectivity index (χ4v) is 4.25. The van der Waals surface area contributed by atoms with Gasteiger partial charge < -0.3 is 9.47 Å². The van der Waals surface area contributed by atoms with Gasteiger partial charge in [0.1, 0.15) is 17.9 Å². The molecule has 0 saturated carbocycles. The lowest BCUT2D eigenvalue weighted by atomic mass is 9.95. The van der Waals surface area contributed by atoms with Crippen LogP contribution in [-0.2, 0) is 22.1 Å². The number of alkyl halides is 3. The lowest BCUT2D eigenvalue weighted by molar-refractivity contribution is -0.137. The number of benzene rings is 3. The maximum absolute atomic E-state index is 13.5. The molecular formula is C28H28F3NO3. The van der Waals surface area contributed by atoms with Gasteiger partial charge >= 0.3 is 12.3 Å². The Morgan fingerprint density at radius 1 is 0.857 bits per heavy atom. The predicted molar refractivity (Wildman–Crippen MR) is 126 cm³/mol. The highest BCUT2D eigenvalue weighted by atomic mass is 19.4. The lowest BCUT2D eigenvalue weighted by Crippen LogP contribution is -2.42. The van der Waals surface area contributed by atoms with Crippen LogP contribution in [0.25, 0.3) is 0 Å². The molecule has 0 bridgehead atoms. The highest BCUT2D eigenvalue weighted by Crippen LogP contribution is 2.46. The normalized spacial score (nSPS) is 20.6. The van der Waals surface area contributed by atoms with Crippen LogP contribution in [-0.4, -0.2) is 22.8 Å². The minimum absolute atomic E-state index is 0.212. The summed E-state index contributed by atoms with van der Waals surface area (Å²) in [6.07, 6.45) is -5.96. The van der Waals surface area contributed by atoms with E-state index in [9.17, 15) is 18.0 Å². The lowest BCUT2D eigenvalue weighted by Gasteiger charge is -2.32. The third kappa shape index (κ3) is 5.85. The van der Waals surface area contributed by atoms with E-state index in [2.05, 4.69) is 0 Å². The molecule has 4 nitrogen and oxygen atoms in total. The molecule has 3 aromatic rings. The summed E-state index contributed by atoms with van der Waals surface area (Å²) < 4.78 is 51.3. The molecule has 1 aliphatic heterocycles. The largest absolute Gasteiger partial charge is 0.444 e. The van der Waals surface area contributed by atoms with Crippen molar-refractivity contribution in [3.05, 3.63) is 107 Å². The quantitative estimate of drug-likeness (QED) is 0.390. The molecule has 0 radical (unpaired) electrons. The molecule has 1 amide bonds. The summed E-state index contributed by atoms with van der Waals surface area (Å²) >= 11 is 0. The van der Waals surface area contributed by atoms with Crippen LogP contribution in [0.1, 0.15) is 55.2 Å². The molecule has 0 unspecified atom stereocenters. The molecule has 0 aromatic heterocycles. The summed E-state index contributed by atoms with van der Waals surface area (Å²) in [6, 6.07) is 23.6. The molecule has 3 aromatic carbocycles. The van der Waals surface area contributed by atoms with Gasteiger partial charge in [-0.15, -0.1) is 0 Å². The fraction of sp³-hybridized carbons (Fsp3) is 0.321. The molecule has 184 valence electrons. The monoisotopic (exact) mass is 483 g/mol. The maximum Gasteiger partial charge on any atom is 0.416 e. The summed E-state index contributed by atoms with van der Waals surface area (Å²) in [5.74, 6) is 0. The van der Waals surface area contributed by atoms with Gasteiger partial charge in [0.25, 0.3) is 0 Å². The van der Waals surface area contributed by atoms with Crippen molar-refractivity contribution in [2.75, 3.05) is 0 Å². The zero-order chi connectivity index (χ0) is 25.2. The predicted octanol–water partition coefficient (Wildman–Crippen LogP) is 7.32. The van der Waals surface area contributed by atoms with Gasteiger partial charge in [-0.05, 0) is 49.6 Å². The van der Waals surface area contributed by atoms with Gasteiger partial charge in [-0.1, -0.05) is 72.8 Å². The SMILES string of the molecule is CC(C)(C)OC(=O)N1[C@H](c2ccccc2)[C@H](c2ccccc2)O[C@@H]1Cc1ccc(C(F)(F)F)cc1. The number of hydrogen-bond acceptors (Lipinski definition) is 3. The van der Waals surface area contributed by atoms with E-state index in [-0.39, 0.29) is 6.42 Å². The van der Waals surface area contributed by atoms with Crippen LogP contribution in [0.5, 0.6) is 0 Å². The van der Waals surface area contributed by atoms with Crippen LogP contribution < -0.4 is 0 Å². The van der Waals surface area contributed by atoms with E-state index in [1.807, 2.05) is 60.7 Å². The van der Waals surface area contributed by atoms with Crippen molar-refractivity contribution < 1.29 is 27.4 Å². The number of carbonyl (C=O) groups is 1. The van der Waals surface area contributed by atoms with E-state index in [4.69, 9.17) is 9.47 Å². The van der Waals surface area contributed by atoms with Gasteiger partial charge in [-0.25, -0.2) is 4.79 Å². The number of halogens is 3. The van der Waals surface area contributed by atoms with E-state index >= 15 is 0 Å². The second-order valence-electron chi connectivity index (χ2n) is 9.56. The summed E-state index contributed by atoms with van der Waals surface area (Å²) in [6.45, 7) is 5.37. The molecule has 7 heteroatoms. The molecular weight excluding hydrogens is 455 g/mol. The first-order valence-electron chi connectivity index (χ1n) is 11.5. The van der Waals surface area contributed by atoms with Gasteiger partial charge in [0.15, 0.2) is 0 Å². The number of ether oxygens (including phenoxy) is 2. The van der Waals surface area contributed by atoms with E-state index in [0.29, 0.717) is 5.56 Å². The second kappa shape index (κ2) is 9.74. The minimum Gasteiger partial charge on any atom is -0.444 e. The van der Waals surface area contributed by atoms with Crippen LogP contribution in [0.4, 0.5) is 18.0 Å². The fourth-order valence-electron chi connectivity index (χ4n) is 4.25. The first kappa shape index (κ1) is 24.8. The molecule has 0 N–H and O–H groups in total. The molecule has 3 atom stereocenters. The average Bonchev–Trinajstić information content (AvgIpc) is 3.18. The summed E-state index contributed by atoms with van der Waals surface area (Å²) in [4.78, 5) is 15.1. The van der Waals surface area contributed by atoms with Crippen molar-refractivity contribution in [2.45, 2.75) is 57.3 Å². The summed E-state index contributed by atoms with van der Waals surface area (Å²) in [5, 5.41) is 0. The number of amides is 1. The summed E-state index contributed by atoms with van der Waals surface area (Å²) in [7, 11) is 0. The van der Waals surface area contributed by atoms with Crippen molar-refractivity contribution >= 4 is 6.09 Å². The van der Waals surface area contributed by atoms with Gasteiger partial charge in [0.05, 0.1) is 11.6 Å². The van der Waals surface area contributed by atoms with Gasteiger partial charge in [-0.2, -0.15) is 13.2 Å². The highest BCUT2D eigenvalue weighted by Gasteiger charge is 2.47. The van der Waals surface area contributed by atoms with Gasteiger partial charge in [0, 0.05) is 6.42 Å². The Kier molecular flexibility index (Phi) is 6.90. The Balaban J connectivity index is 1.74. The van der Waals surface area contributed by atoms with Crippen molar-refractivity contribution in [1.82, 2.24) is 4.90 Å². The molecule has 0 aliphatic carbocycles. The Labute approximate surface area is 203 Å². The number of rotatable bonds is 4. The Bertz CT molecular complexity index is 1130. The van der Waals surface area contributed by atoms with Crippen molar-refractivity contribution in [3.8, 4) is 0 Å². The van der Waals surface area contributed by atoms with Crippen LogP contribution in [0, 0.1) is 0 Å². The van der Waals surface area contributed by atoms with Crippen LogP contribution in [0.3, 0.4) is 0 Å². The van der Waals surface area contributed by atoms with E-state index in [0.717, 1.165) is 23.3 Å². The smallest absolute Gasteiger partial charge is 0.416 e. The van der Waals surface area contributed by atoms with E-state index in [1.54, 1.807) is 25.7 Å². The third-order valence-corrected chi connectivity index (χ3v) is 5.77. The van der Waals surface area contributed by atoms with Crippen molar-refractivity contribution in [2.24, 2.45) is 0 Å². The molecule has 0 spiro atoms. The molecule has 1 heterocycles. The van der Waals surface area contributed by atoms with Crippen molar-refractivity contribution in [1.29, 1.82) is 0 Å². The third-order valence-electron chi connectivity index (χ3n) is 5.77. The first-order valence-corrected chi connectivity index (χ1v) is 11.5. The van der Waals surface area contributed by atoms with E-state index < -0.39 is 41.8 Å². The zero-order valence-corrected chi connectivity index (χ0v) is 19.8. The second-order valence-corrected chi connectivity index (χ2v) is 9.56.